The van der Waals surface area contributed by atoms with Crippen molar-refractivity contribution in [3.05, 3.63) is 233 Å². The Kier molecular flexibility index (Phi) is 17.7. The van der Waals surface area contributed by atoms with E-state index in [0.717, 1.165) is 0 Å². The predicted molar refractivity (Wildman–Crippen MR) is 221 cm³/mol. The van der Waals surface area contributed by atoms with Gasteiger partial charge in [0.1, 0.15) is 58.5 Å². The first-order valence-corrected chi connectivity index (χ1v) is 23.1. The lowest BCUT2D eigenvalue weighted by Crippen LogP contribution is -2.81. The van der Waals surface area contributed by atoms with Crippen molar-refractivity contribution < 1.29 is 167 Å². The Labute approximate surface area is 457 Å². The molecule has 0 aliphatic carbocycles. The van der Waals surface area contributed by atoms with Crippen LogP contribution in [0.25, 0.3) is 0 Å². The van der Waals surface area contributed by atoms with Gasteiger partial charge in [0.25, 0.3) is 0 Å². The molecule has 0 aromatic heterocycles. The zero-order chi connectivity index (χ0) is 66.8. The summed E-state index contributed by atoms with van der Waals surface area (Å²) in [5.41, 5.74) is -14.3. The van der Waals surface area contributed by atoms with Gasteiger partial charge in [-0.2, -0.15) is 26.3 Å². The van der Waals surface area contributed by atoms with E-state index < -0.39 is 272 Å². The van der Waals surface area contributed by atoms with Gasteiger partial charge in [-0.25, -0.2) is 136 Å². The van der Waals surface area contributed by atoms with Crippen LogP contribution in [0.15, 0.2) is 18.2 Å². The van der Waals surface area contributed by atoms with Crippen LogP contribution >= 0.6 is 7.49 Å². The normalized spacial score (nSPS) is 11.9. The van der Waals surface area contributed by atoms with Crippen molar-refractivity contribution in [3.63, 3.8) is 0 Å². The largest absolute Gasteiger partial charge is 0.331 e. The first-order chi connectivity index (χ1) is 40.6. The van der Waals surface area contributed by atoms with Gasteiger partial charge < -0.3 is 4.52 Å². The molecule has 8 rings (SSSR count). The molecule has 0 unspecified atom stereocenters. The third-order valence-electron chi connectivity index (χ3n) is 12.3. The molecule has 0 saturated carbocycles. The standard InChI is InChI=1S/C24BF20.C24H3F17OP/c26-5-1(6(27)14(35)21(42)13(5)34)25(2-7(28)15(36)22(43)16(37)8(2)29,3-9(30)17(38)23(44)18(39)10(3)31)4-11(32)19(40)24(45)20(41)12(4)33;25-4-1-2-6(5(26)3-4)42-43(22-16(36)10(30)7(27)11(31)17(22)37,23-18(38)12(32)8(28)13(33)19(23)39)24-20(40)14(34)9(29)15(35)21(24)41/h;1-3H/q-1;+1. The van der Waals surface area contributed by atoms with E-state index in [4.69, 9.17) is 0 Å². The second kappa shape index (κ2) is 23.2. The van der Waals surface area contributed by atoms with E-state index in [0.29, 0.717) is 0 Å². The van der Waals surface area contributed by atoms with Gasteiger partial charge in [-0.05, 0) is 12.1 Å². The monoisotopic (exact) mass is 1340 g/mol. The molecule has 0 bridgehead atoms. The van der Waals surface area contributed by atoms with Crippen LogP contribution in [0.5, 0.6) is 5.75 Å². The number of rotatable bonds is 9. The van der Waals surface area contributed by atoms with E-state index >= 15 is 61.5 Å². The summed E-state index contributed by atoms with van der Waals surface area (Å²) in [6, 6.07) is -0.189. The van der Waals surface area contributed by atoms with Crippen LogP contribution in [0.1, 0.15) is 0 Å². The maximum atomic E-state index is 15.4. The molecule has 0 heterocycles. The maximum Gasteiger partial charge on any atom is 0.306 e. The first-order valence-electron chi connectivity index (χ1n) is 21.4. The molecule has 8 aromatic rings. The molecule has 0 spiro atoms. The highest BCUT2D eigenvalue weighted by Gasteiger charge is 2.65. The molecule has 0 radical (unpaired) electrons. The van der Waals surface area contributed by atoms with Crippen molar-refractivity contribution >= 4 is 51.4 Å². The smallest absolute Gasteiger partial charge is 0.306 e. The van der Waals surface area contributed by atoms with Crippen LogP contribution in [0.4, 0.5) is 162 Å². The summed E-state index contributed by atoms with van der Waals surface area (Å²) in [5, 5.41) is -9.17. The highest BCUT2D eigenvalue weighted by Crippen LogP contribution is 2.61. The molecular weight excluding hydrogens is 1340 g/mol. The van der Waals surface area contributed by atoms with Crippen LogP contribution < -0.4 is 42.3 Å². The van der Waals surface area contributed by atoms with Gasteiger partial charge in [-0.15, -0.1) is 21.9 Å². The van der Waals surface area contributed by atoms with Crippen molar-refractivity contribution in [2.75, 3.05) is 0 Å². The van der Waals surface area contributed by atoms with E-state index in [1.54, 1.807) is 0 Å². The van der Waals surface area contributed by atoms with Crippen molar-refractivity contribution in [1.82, 2.24) is 0 Å². The average molecular weight is 1340 g/mol. The number of hydrogen-bond donors (Lipinski definition) is 0. The molecular formula is C48H3BF37OP. The van der Waals surface area contributed by atoms with E-state index in [1.807, 2.05) is 0 Å². The summed E-state index contributed by atoms with van der Waals surface area (Å²) < 4.78 is 546. The fourth-order valence-corrected chi connectivity index (χ4v) is 12.3. The lowest BCUT2D eigenvalue weighted by Gasteiger charge is -2.44. The van der Waals surface area contributed by atoms with E-state index in [-0.39, 0.29) is 18.2 Å². The Balaban J connectivity index is 0.000000251. The molecule has 1 nitrogen and oxygen atoms in total. The summed E-state index contributed by atoms with van der Waals surface area (Å²) >= 11 is 0. The minimum atomic E-state index is -7.32. The molecule has 0 saturated heterocycles. The maximum absolute atomic E-state index is 15.4. The highest BCUT2D eigenvalue weighted by atomic mass is 31.2. The summed E-state index contributed by atoms with van der Waals surface area (Å²) in [5.74, 6) is -126. The minimum absolute atomic E-state index is 0.0520. The highest BCUT2D eigenvalue weighted by molar-refractivity contribution is 7.92. The summed E-state index contributed by atoms with van der Waals surface area (Å²) in [7, 11) is -7.32. The molecule has 0 aliphatic rings. The molecule has 0 amide bonds. The Morgan fingerprint density at radius 2 is 0.364 bits per heavy atom. The fraction of sp³-hybridized carbons (Fsp3) is 0. The van der Waals surface area contributed by atoms with Gasteiger partial charge in [0.05, 0.1) is 0 Å². The Hall–Kier alpha value is -8.54. The summed E-state index contributed by atoms with van der Waals surface area (Å²) in [6.45, 7) is 0. The van der Waals surface area contributed by atoms with Crippen molar-refractivity contribution in [2.45, 2.75) is 0 Å². The number of halogens is 37. The SMILES string of the molecule is Fc1c(F)c(F)c([B-](c2c(F)c(F)c(F)c(F)c2F)(c2c(F)c(F)c(F)c(F)c2F)c2c(F)c(F)c(F)c(F)c2F)c(F)c1F.Fc1ccc(O[P+](c2c(F)c(F)c(F)c(F)c2F)(c2c(F)c(F)c(F)c(F)c2F)c2c(F)c(F)c(F)c(F)c2F)c(F)c1. The van der Waals surface area contributed by atoms with E-state index in [1.165, 1.54) is 0 Å². The quantitative estimate of drug-likeness (QED) is 0.0460. The van der Waals surface area contributed by atoms with Gasteiger partial charge in [-0.3, -0.25) is 0 Å². The summed E-state index contributed by atoms with van der Waals surface area (Å²) in [4.78, 5) is 0. The summed E-state index contributed by atoms with van der Waals surface area (Å²) in [6.07, 6.45) is -7.22. The molecule has 0 fully saturated rings. The van der Waals surface area contributed by atoms with Gasteiger partial charge in [-0.1, -0.05) is 0 Å². The topological polar surface area (TPSA) is 9.23 Å². The number of benzene rings is 8. The third-order valence-corrected chi connectivity index (χ3v) is 15.9. The third kappa shape index (κ3) is 9.40. The second-order valence-corrected chi connectivity index (χ2v) is 19.6. The van der Waals surface area contributed by atoms with Crippen LogP contribution in [-0.4, -0.2) is 6.15 Å². The Morgan fingerprint density at radius 1 is 0.205 bits per heavy atom. The van der Waals surface area contributed by atoms with Gasteiger partial charge >= 0.3 is 7.49 Å². The zero-order valence-corrected chi connectivity index (χ0v) is 40.5. The van der Waals surface area contributed by atoms with Gasteiger partial charge in [0.2, 0.25) is 109 Å². The second-order valence-electron chi connectivity index (χ2n) is 16.8. The molecule has 40 heteroatoms. The van der Waals surface area contributed by atoms with Crippen LogP contribution in [-0.2, 0) is 0 Å². The van der Waals surface area contributed by atoms with Crippen molar-refractivity contribution in [1.29, 1.82) is 0 Å². The van der Waals surface area contributed by atoms with Crippen molar-refractivity contribution in [2.24, 2.45) is 0 Å². The predicted octanol–water partition coefficient (Wildman–Crippen LogP) is 13.2. The van der Waals surface area contributed by atoms with Crippen LogP contribution in [0, 0.1) is 215 Å². The molecule has 88 heavy (non-hydrogen) atoms. The Morgan fingerprint density at radius 3 is 0.534 bits per heavy atom. The molecule has 0 atom stereocenters. The lowest BCUT2D eigenvalue weighted by atomic mass is 9.12. The lowest BCUT2D eigenvalue weighted by molar-refractivity contribution is 0.377. The van der Waals surface area contributed by atoms with Crippen LogP contribution in [0.3, 0.4) is 0 Å². The minimum Gasteiger partial charge on any atom is -0.331 e. The van der Waals surface area contributed by atoms with E-state index in [9.17, 15) is 101 Å². The van der Waals surface area contributed by atoms with E-state index in [2.05, 4.69) is 4.52 Å². The zero-order valence-electron chi connectivity index (χ0n) is 39.6. The van der Waals surface area contributed by atoms with Gasteiger partial charge in [0.15, 0.2) is 75.6 Å². The molecule has 468 valence electrons. The molecule has 8 aromatic carbocycles. The van der Waals surface area contributed by atoms with Crippen molar-refractivity contribution in [3.8, 4) is 5.75 Å². The number of hydrogen-bond acceptors (Lipinski definition) is 1. The van der Waals surface area contributed by atoms with Gasteiger partial charge in [0, 0.05) is 6.07 Å². The Bertz CT molecular complexity index is 3710. The average Bonchev–Trinajstić information content (AvgIpc) is 0.703. The molecule has 0 aliphatic heterocycles. The van der Waals surface area contributed by atoms with Crippen LogP contribution in [0.2, 0.25) is 0 Å². The first kappa shape index (κ1) is 67.0. The molecule has 0 N–H and O–H groups in total. The fourth-order valence-electron chi connectivity index (χ4n) is 8.65.